The molecule has 0 bridgehead atoms. The molecule has 0 spiro atoms. The van der Waals surface area contributed by atoms with Gasteiger partial charge in [-0.3, -0.25) is 4.79 Å². The number of carbonyl (C=O) groups is 1. The Balaban J connectivity index is 1.86. The van der Waals surface area contributed by atoms with E-state index in [9.17, 15) is 4.79 Å². The van der Waals surface area contributed by atoms with Gasteiger partial charge in [-0.15, -0.1) is 0 Å². The molecule has 0 aromatic rings. The average Bonchev–Trinajstić information content (AvgIpc) is 2.63. The molecule has 0 atom stereocenters. The molecule has 3 heteroatoms. The van der Waals surface area contributed by atoms with Crippen LogP contribution >= 0.6 is 0 Å². The van der Waals surface area contributed by atoms with E-state index in [1.165, 1.54) is 5.57 Å². The molecule has 1 aliphatic carbocycles. The summed E-state index contributed by atoms with van der Waals surface area (Å²) in [4.78, 5) is 11.5. The highest BCUT2D eigenvalue weighted by Crippen LogP contribution is 2.35. The molecule has 1 saturated heterocycles. The van der Waals surface area contributed by atoms with Crippen molar-refractivity contribution in [2.45, 2.75) is 45.8 Å². The molecule has 0 N–H and O–H groups in total. The van der Waals surface area contributed by atoms with Crippen molar-refractivity contribution >= 4 is 5.78 Å². The summed E-state index contributed by atoms with van der Waals surface area (Å²) < 4.78 is 10.8. The molecule has 90 valence electrons. The average molecular weight is 224 g/mol. The molecule has 0 saturated carbocycles. The number of ketones is 1. The lowest BCUT2D eigenvalue weighted by Gasteiger charge is -2.29. The second-order valence-corrected chi connectivity index (χ2v) is 5.50. The van der Waals surface area contributed by atoms with E-state index in [0.29, 0.717) is 19.6 Å². The maximum Gasteiger partial charge on any atom is 0.158 e. The van der Waals surface area contributed by atoms with Crippen LogP contribution in [0.1, 0.15) is 39.5 Å². The molecule has 0 unspecified atom stereocenters. The summed E-state index contributed by atoms with van der Waals surface area (Å²) in [6.45, 7) is 5.71. The van der Waals surface area contributed by atoms with Gasteiger partial charge in [0.2, 0.25) is 0 Å². The Morgan fingerprint density at radius 2 is 2.00 bits per heavy atom. The standard InChI is InChI=1S/C13H20O3/c1-13(2)8-10(7-11(14)9-13)3-4-12-15-5-6-16-12/h7,12H,3-6,8-9H2,1-2H3. The molecule has 0 aromatic carbocycles. The minimum atomic E-state index is -0.0546. The Morgan fingerprint density at radius 1 is 1.31 bits per heavy atom. The van der Waals surface area contributed by atoms with Crippen LogP contribution in [-0.4, -0.2) is 25.3 Å². The number of hydrogen-bond acceptors (Lipinski definition) is 3. The van der Waals surface area contributed by atoms with E-state index in [0.717, 1.165) is 19.3 Å². The van der Waals surface area contributed by atoms with Crippen LogP contribution in [-0.2, 0) is 14.3 Å². The van der Waals surface area contributed by atoms with Crippen LogP contribution < -0.4 is 0 Å². The number of rotatable bonds is 3. The van der Waals surface area contributed by atoms with Crippen molar-refractivity contribution in [1.82, 2.24) is 0 Å². The first kappa shape index (κ1) is 11.8. The van der Waals surface area contributed by atoms with Gasteiger partial charge in [0.25, 0.3) is 0 Å². The van der Waals surface area contributed by atoms with Gasteiger partial charge in [0.05, 0.1) is 13.2 Å². The summed E-state index contributed by atoms with van der Waals surface area (Å²) in [5.74, 6) is 0.263. The number of carbonyl (C=O) groups excluding carboxylic acids is 1. The largest absolute Gasteiger partial charge is 0.350 e. The van der Waals surface area contributed by atoms with Crippen molar-refractivity contribution in [3.63, 3.8) is 0 Å². The predicted octanol–water partition coefficient (Wildman–Crippen LogP) is 2.46. The Kier molecular flexibility index (Phi) is 3.45. The highest BCUT2D eigenvalue weighted by molar-refractivity contribution is 5.91. The van der Waals surface area contributed by atoms with Crippen LogP contribution in [0, 0.1) is 5.41 Å². The molecule has 0 aromatic heterocycles. The summed E-state index contributed by atoms with van der Waals surface area (Å²) in [6, 6.07) is 0. The summed E-state index contributed by atoms with van der Waals surface area (Å²) in [5, 5.41) is 0. The second-order valence-electron chi connectivity index (χ2n) is 5.50. The van der Waals surface area contributed by atoms with Crippen molar-refractivity contribution in [3.05, 3.63) is 11.6 Å². The Hall–Kier alpha value is -0.670. The molecule has 2 aliphatic rings. The Labute approximate surface area is 96.8 Å². The number of hydrogen-bond donors (Lipinski definition) is 0. The molecule has 1 fully saturated rings. The lowest BCUT2D eigenvalue weighted by molar-refractivity contribution is -0.117. The summed E-state index contributed by atoms with van der Waals surface area (Å²) in [5.41, 5.74) is 1.37. The monoisotopic (exact) mass is 224 g/mol. The molecular formula is C13H20O3. The smallest absolute Gasteiger partial charge is 0.158 e. The van der Waals surface area contributed by atoms with Gasteiger partial charge in [-0.05, 0) is 24.3 Å². The molecule has 0 amide bonds. The van der Waals surface area contributed by atoms with Crippen molar-refractivity contribution in [2.24, 2.45) is 5.41 Å². The summed E-state index contributed by atoms with van der Waals surface area (Å²) in [7, 11) is 0. The van der Waals surface area contributed by atoms with E-state index < -0.39 is 0 Å². The van der Waals surface area contributed by atoms with Crippen molar-refractivity contribution < 1.29 is 14.3 Å². The fourth-order valence-corrected chi connectivity index (χ4v) is 2.52. The molecule has 2 rings (SSSR count). The first-order valence-electron chi connectivity index (χ1n) is 6.01. The topological polar surface area (TPSA) is 35.5 Å². The van der Waals surface area contributed by atoms with Gasteiger partial charge in [0.15, 0.2) is 12.1 Å². The molecule has 1 heterocycles. The first-order chi connectivity index (χ1) is 7.55. The lowest BCUT2D eigenvalue weighted by atomic mass is 9.76. The Bertz CT molecular complexity index is 298. The van der Waals surface area contributed by atoms with Crippen molar-refractivity contribution in [2.75, 3.05) is 13.2 Å². The fraction of sp³-hybridized carbons (Fsp3) is 0.769. The van der Waals surface area contributed by atoms with Crippen LogP contribution in [0.25, 0.3) is 0 Å². The summed E-state index contributed by atoms with van der Waals surface area (Å²) >= 11 is 0. The Morgan fingerprint density at radius 3 is 2.62 bits per heavy atom. The minimum Gasteiger partial charge on any atom is -0.350 e. The molecule has 1 aliphatic heterocycles. The van der Waals surface area contributed by atoms with Gasteiger partial charge >= 0.3 is 0 Å². The molecule has 16 heavy (non-hydrogen) atoms. The van der Waals surface area contributed by atoms with E-state index in [1.54, 1.807) is 0 Å². The van der Waals surface area contributed by atoms with Gasteiger partial charge in [-0.2, -0.15) is 0 Å². The molecule has 3 nitrogen and oxygen atoms in total. The molecule has 0 radical (unpaired) electrons. The number of allylic oxidation sites excluding steroid dienone is 2. The predicted molar refractivity (Wildman–Crippen MR) is 61.0 cm³/mol. The van der Waals surface area contributed by atoms with E-state index in [-0.39, 0.29) is 17.5 Å². The molecular weight excluding hydrogens is 204 g/mol. The van der Waals surface area contributed by atoms with Crippen molar-refractivity contribution in [1.29, 1.82) is 0 Å². The second kappa shape index (κ2) is 4.68. The lowest BCUT2D eigenvalue weighted by Crippen LogP contribution is -2.22. The van der Waals surface area contributed by atoms with E-state index in [2.05, 4.69) is 13.8 Å². The fourth-order valence-electron chi connectivity index (χ4n) is 2.52. The third-order valence-corrected chi connectivity index (χ3v) is 3.12. The van der Waals surface area contributed by atoms with Gasteiger partial charge in [0, 0.05) is 12.8 Å². The third-order valence-electron chi connectivity index (χ3n) is 3.12. The van der Waals surface area contributed by atoms with Crippen LogP contribution in [0.15, 0.2) is 11.6 Å². The highest BCUT2D eigenvalue weighted by Gasteiger charge is 2.27. The van der Waals surface area contributed by atoms with Gasteiger partial charge < -0.3 is 9.47 Å². The maximum atomic E-state index is 11.5. The van der Waals surface area contributed by atoms with Crippen LogP contribution in [0.2, 0.25) is 0 Å². The van der Waals surface area contributed by atoms with E-state index in [1.807, 2.05) is 6.08 Å². The zero-order valence-electron chi connectivity index (χ0n) is 10.1. The SMILES string of the molecule is CC1(C)CC(=O)C=C(CCC2OCCO2)C1. The van der Waals surface area contributed by atoms with E-state index >= 15 is 0 Å². The minimum absolute atomic E-state index is 0.0546. The normalized spacial score (nSPS) is 25.9. The van der Waals surface area contributed by atoms with Gasteiger partial charge in [-0.1, -0.05) is 19.4 Å². The quantitative estimate of drug-likeness (QED) is 0.738. The summed E-state index contributed by atoms with van der Waals surface area (Å²) in [6.07, 6.45) is 5.24. The maximum absolute atomic E-state index is 11.5. The van der Waals surface area contributed by atoms with Crippen LogP contribution in [0.4, 0.5) is 0 Å². The van der Waals surface area contributed by atoms with Gasteiger partial charge in [0.1, 0.15) is 0 Å². The third kappa shape index (κ3) is 3.16. The zero-order chi connectivity index (χ0) is 11.6. The van der Waals surface area contributed by atoms with Gasteiger partial charge in [-0.25, -0.2) is 0 Å². The number of ether oxygens (including phenoxy) is 2. The van der Waals surface area contributed by atoms with Crippen LogP contribution in [0.3, 0.4) is 0 Å². The first-order valence-corrected chi connectivity index (χ1v) is 6.01. The van der Waals surface area contributed by atoms with Crippen molar-refractivity contribution in [3.8, 4) is 0 Å². The van der Waals surface area contributed by atoms with E-state index in [4.69, 9.17) is 9.47 Å². The van der Waals surface area contributed by atoms with Crippen LogP contribution in [0.5, 0.6) is 0 Å². The highest BCUT2D eigenvalue weighted by atomic mass is 16.7. The zero-order valence-corrected chi connectivity index (χ0v) is 10.1.